The summed E-state index contributed by atoms with van der Waals surface area (Å²) in [6.07, 6.45) is 3.77. The number of hydrogen-bond donors (Lipinski definition) is 2. The Labute approximate surface area is 137 Å². The predicted octanol–water partition coefficient (Wildman–Crippen LogP) is 2.75. The van der Waals surface area contributed by atoms with Gasteiger partial charge in [0.15, 0.2) is 0 Å². The van der Waals surface area contributed by atoms with Crippen molar-refractivity contribution in [2.75, 3.05) is 25.6 Å². The molecule has 1 aromatic carbocycles. The van der Waals surface area contributed by atoms with Gasteiger partial charge in [-0.1, -0.05) is 22.0 Å². The first-order valence-electron chi connectivity index (χ1n) is 6.81. The van der Waals surface area contributed by atoms with Crippen LogP contribution in [0, 0.1) is 0 Å². The highest BCUT2D eigenvalue weighted by Gasteiger charge is 2.06. The summed E-state index contributed by atoms with van der Waals surface area (Å²) in [6.45, 7) is 1.18. The molecule has 0 radical (unpaired) electrons. The fraction of sp³-hybridized carbons (Fsp3) is 0.267. The topological polar surface area (TPSA) is 76.1 Å². The van der Waals surface area contributed by atoms with Gasteiger partial charge in [-0.05, 0) is 24.6 Å². The molecule has 0 saturated carbocycles. The van der Waals surface area contributed by atoms with Crippen molar-refractivity contribution in [1.82, 2.24) is 15.3 Å². The normalized spacial score (nSPS) is 10.3. The number of hydrogen-bond acceptors (Lipinski definition) is 5. The van der Waals surface area contributed by atoms with Gasteiger partial charge in [-0.25, -0.2) is 9.97 Å². The highest BCUT2D eigenvalue weighted by atomic mass is 79.9. The molecule has 6 nitrogen and oxygen atoms in total. The Morgan fingerprint density at radius 2 is 2.09 bits per heavy atom. The lowest BCUT2D eigenvalue weighted by atomic mass is 10.3. The second kappa shape index (κ2) is 8.45. The quantitative estimate of drug-likeness (QED) is 0.738. The van der Waals surface area contributed by atoms with Crippen LogP contribution in [0.3, 0.4) is 0 Å². The van der Waals surface area contributed by atoms with Crippen LogP contribution < -0.4 is 10.6 Å². The smallest absolute Gasteiger partial charge is 0.254 e. The first-order chi connectivity index (χ1) is 10.7. The summed E-state index contributed by atoms with van der Waals surface area (Å²) in [5, 5.41) is 5.86. The summed E-state index contributed by atoms with van der Waals surface area (Å²) in [4.78, 5) is 20.2. The first kappa shape index (κ1) is 16.4. The van der Waals surface area contributed by atoms with Crippen LogP contribution >= 0.6 is 15.9 Å². The van der Waals surface area contributed by atoms with E-state index in [9.17, 15) is 4.79 Å². The van der Waals surface area contributed by atoms with Crippen LogP contribution in [0.15, 0.2) is 41.1 Å². The number of anilines is 2. The van der Waals surface area contributed by atoms with Gasteiger partial charge >= 0.3 is 0 Å². The molecular formula is C15H17BrN4O2. The molecule has 0 aliphatic heterocycles. The van der Waals surface area contributed by atoms with Crippen LogP contribution in [0.2, 0.25) is 0 Å². The molecule has 1 amide bonds. The van der Waals surface area contributed by atoms with Gasteiger partial charge in [0.05, 0.1) is 5.56 Å². The Hall–Kier alpha value is -1.99. The number of aromatic nitrogens is 2. The van der Waals surface area contributed by atoms with E-state index in [0.717, 1.165) is 16.6 Å². The van der Waals surface area contributed by atoms with E-state index in [2.05, 4.69) is 36.5 Å². The summed E-state index contributed by atoms with van der Waals surface area (Å²) in [5.74, 6) is 0.249. The van der Waals surface area contributed by atoms with Crippen molar-refractivity contribution in [2.24, 2.45) is 0 Å². The SMILES string of the molecule is COCCCNC(=O)c1cnc(Nc2cccc(Br)c2)nc1. The maximum Gasteiger partial charge on any atom is 0.254 e. The van der Waals surface area contributed by atoms with Crippen molar-refractivity contribution in [3.63, 3.8) is 0 Å². The molecule has 2 aromatic rings. The number of benzene rings is 1. The van der Waals surface area contributed by atoms with Crippen molar-refractivity contribution in [2.45, 2.75) is 6.42 Å². The Bertz CT molecular complexity index is 619. The summed E-state index contributed by atoms with van der Waals surface area (Å²) >= 11 is 3.40. The van der Waals surface area contributed by atoms with Gasteiger partial charge in [-0.15, -0.1) is 0 Å². The number of carbonyl (C=O) groups is 1. The van der Waals surface area contributed by atoms with Crippen molar-refractivity contribution in [3.8, 4) is 0 Å². The zero-order valence-electron chi connectivity index (χ0n) is 12.2. The van der Waals surface area contributed by atoms with Gasteiger partial charge in [-0.2, -0.15) is 0 Å². The highest BCUT2D eigenvalue weighted by Crippen LogP contribution is 2.18. The molecule has 22 heavy (non-hydrogen) atoms. The number of rotatable bonds is 7. The molecule has 1 aromatic heterocycles. The minimum atomic E-state index is -0.190. The maximum absolute atomic E-state index is 11.9. The van der Waals surface area contributed by atoms with E-state index >= 15 is 0 Å². The Morgan fingerprint density at radius 1 is 1.32 bits per heavy atom. The Kier molecular flexibility index (Phi) is 6.29. The molecule has 0 spiro atoms. The summed E-state index contributed by atoms with van der Waals surface area (Å²) in [6, 6.07) is 7.67. The van der Waals surface area contributed by atoms with E-state index in [1.165, 1.54) is 12.4 Å². The second-order valence-corrected chi connectivity index (χ2v) is 5.45. The summed E-state index contributed by atoms with van der Waals surface area (Å²) < 4.78 is 5.88. The van der Waals surface area contributed by atoms with Crippen molar-refractivity contribution in [3.05, 3.63) is 46.7 Å². The Morgan fingerprint density at radius 3 is 2.77 bits per heavy atom. The van der Waals surface area contributed by atoms with Crippen LogP contribution in [0.1, 0.15) is 16.8 Å². The number of halogens is 1. The monoisotopic (exact) mass is 364 g/mol. The van der Waals surface area contributed by atoms with Crippen LogP contribution in [0.5, 0.6) is 0 Å². The molecule has 2 N–H and O–H groups in total. The molecule has 7 heteroatoms. The van der Waals surface area contributed by atoms with E-state index < -0.39 is 0 Å². The molecule has 0 unspecified atom stereocenters. The fourth-order valence-electron chi connectivity index (χ4n) is 1.73. The van der Waals surface area contributed by atoms with Crippen molar-refractivity contribution < 1.29 is 9.53 Å². The first-order valence-corrected chi connectivity index (χ1v) is 7.60. The highest BCUT2D eigenvalue weighted by molar-refractivity contribution is 9.10. The fourth-order valence-corrected chi connectivity index (χ4v) is 2.12. The lowest BCUT2D eigenvalue weighted by Crippen LogP contribution is -2.25. The van der Waals surface area contributed by atoms with E-state index in [1.807, 2.05) is 24.3 Å². The minimum Gasteiger partial charge on any atom is -0.385 e. The third kappa shape index (κ3) is 5.09. The second-order valence-electron chi connectivity index (χ2n) is 4.53. The van der Waals surface area contributed by atoms with Crippen LogP contribution in [0.4, 0.5) is 11.6 Å². The van der Waals surface area contributed by atoms with Gasteiger partial charge in [0.2, 0.25) is 5.95 Å². The largest absolute Gasteiger partial charge is 0.385 e. The van der Waals surface area contributed by atoms with Crippen LogP contribution in [-0.2, 0) is 4.74 Å². The Balaban J connectivity index is 1.91. The van der Waals surface area contributed by atoms with Crippen molar-refractivity contribution >= 4 is 33.5 Å². The van der Waals surface area contributed by atoms with Gasteiger partial charge in [-0.3, -0.25) is 4.79 Å². The van der Waals surface area contributed by atoms with E-state index in [0.29, 0.717) is 24.7 Å². The molecule has 116 valence electrons. The molecule has 1 heterocycles. The molecule has 2 rings (SSSR count). The molecule has 0 aliphatic rings. The van der Waals surface area contributed by atoms with E-state index in [1.54, 1.807) is 7.11 Å². The van der Waals surface area contributed by atoms with E-state index in [-0.39, 0.29) is 5.91 Å². The number of amides is 1. The third-order valence-corrected chi connectivity index (χ3v) is 3.30. The van der Waals surface area contributed by atoms with Gasteiger partial charge in [0.1, 0.15) is 0 Å². The predicted molar refractivity (Wildman–Crippen MR) is 88.3 cm³/mol. The number of methoxy groups -OCH3 is 1. The summed E-state index contributed by atoms with van der Waals surface area (Å²) in [7, 11) is 1.63. The molecular weight excluding hydrogens is 348 g/mol. The standard InChI is InChI=1S/C15H17BrN4O2/c1-22-7-3-6-17-14(21)11-9-18-15(19-10-11)20-13-5-2-4-12(16)8-13/h2,4-5,8-10H,3,6-7H2,1H3,(H,17,21)(H,18,19,20). The molecule has 0 aliphatic carbocycles. The minimum absolute atomic E-state index is 0.190. The maximum atomic E-state index is 11.9. The number of nitrogens with one attached hydrogen (secondary N) is 2. The number of ether oxygens (including phenoxy) is 1. The van der Waals surface area contributed by atoms with Gasteiger partial charge in [0, 0.05) is 42.8 Å². The van der Waals surface area contributed by atoms with Gasteiger partial charge < -0.3 is 15.4 Å². The molecule has 0 atom stereocenters. The van der Waals surface area contributed by atoms with Gasteiger partial charge in [0.25, 0.3) is 5.91 Å². The lowest BCUT2D eigenvalue weighted by Gasteiger charge is -2.07. The lowest BCUT2D eigenvalue weighted by molar-refractivity contribution is 0.0948. The summed E-state index contributed by atoms with van der Waals surface area (Å²) in [5.41, 5.74) is 1.29. The average molecular weight is 365 g/mol. The average Bonchev–Trinajstić information content (AvgIpc) is 2.52. The van der Waals surface area contributed by atoms with Crippen LogP contribution in [0.25, 0.3) is 0 Å². The molecule has 0 saturated heterocycles. The van der Waals surface area contributed by atoms with Crippen LogP contribution in [-0.4, -0.2) is 36.1 Å². The third-order valence-electron chi connectivity index (χ3n) is 2.81. The number of nitrogens with zero attached hydrogens (tertiary/aromatic N) is 2. The van der Waals surface area contributed by atoms with E-state index in [4.69, 9.17) is 4.74 Å². The van der Waals surface area contributed by atoms with Crippen molar-refractivity contribution in [1.29, 1.82) is 0 Å². The zero-order chi connectivity index (χ0) is 15.8. The number of carbonyl (C=O) groups excluding carboxylic acids is 1. The molecule has 0 bridgehead atoms. The molecule has 0 fully saturated rings. The zero-order valence-corrected chi connectivity index (χ0v) is 13.8.